The minimum atomic E-state index is -1.14. The van der Waals surface area contributed by atoms with E-state index in [1.54, 1.807) is 24.3 Å². The Hall–Kier alpha value is -0.415. The molecular weight excluding hydrogens is 445 g/mol. The predicted molar refractivity (Wildman–Crippen MR) is 56.0 cm³/mol. The molecule has 0 aliphatic heterocycles. The molecule has 0 aliphatic rings. The van der Waals surface area contributed by atoms with Crippen LogP contribution in [-0.2, 0) is 27.7 Å². The van der Waals surface area contributed by atoms with Gasteiger partial charge in [-0.2, -0.15) is 0 Å². The van der Waals surface area contributed by atoms with E-state index in [4.69, 9.17) is 0 Å². The first-order valence-electron chi connectivity index (χ1n) is 4.09. The van der Waals surface area contributed by atoms with Gasteiger partial charge in [0, 0.05) is 10.0 Å². The smallest absolute Gasteiger partial charge is 0.545 e. The van der Waals surface area contributed by atoms with E-state index in [0.29, 0.717) is 5.39 Å². The largest absolute Gasteiger partial charge is 1.00 e. The fourth-order valence-electron chi connectivity index (χ4n) is 1.45. The van der Waals surface area contributed by atoms with Gasteiger partial charge in [-0.15, -0.1) is 0 Å². The maximum atomic E-state index is 10.8. The van der Waals surface area contributed by atoms with E-state index >= 15 is 0 Å². The average Bonchev–Trinajstić information content (AvgIpc) is 2.17. The molecule has 2 aromatic rings. The van der Waals surface area contributed by atoms with Crippen LogP contribution in [0.15, 0.2) is 40.9 Å². The van der Waals surface area contributed by atoms with Crippen molar-refractivity contribution in [2.75, 3.05) is 0 Å². The third kappa shape index (κ3) is 2.40. The number of benzene rings is 2. The maximum Gasteiger partial charge on any atom is 1.00 e. The van der Waals surface area contributed by atoms with Gasteiger partial charge in [-0.1, -0.05) is 46.3 Å². The Kier molecular flexibility index (Phi) is 4.28. The third-order valence-corrected chi connectivity index (χ3v) is 2.78. The van der Waals surface area contributed by atoms with Crippen molar-refractivity contribution in [2.45, 2.75) is 0 Å². The Balaban J connectivity index is 0.00000112. The first-order valence-corrected chi connectivity index (χ1v) is 4.88. The molecule has 0 atom stereocenters. The van der Waals surface area contributed by atoms with Crippen LogP contribution in [0.25, 0.3) is 10.8 Å². The number of hydrogen-bond acceptors (Lipinski definition) is 2. The SMILES string of the molecule is O=C([O-])c1cccc2c(Br)cccc12.[Hg+]. The molecule has 0 unspecified atom stereocenters. The summed E-state index contributed by atoms with van der Waals surface area (Å²) in [5.74, 6) is -1.14. The molecule has 2 rings (SSSR count). The predicted octanol–water partition coefficient (Wildman–Crippen LogP) is 1.96. The van der Waals surface area contributed by atoms with Gasteiger partial charge in [0.1, 0.15) is 0 Å². The van der Waals surface area contributed by atoms with Crippen LogP contribution in [0, 0.1) is 0 Å². The van der Waals surface area contributed by atoms with Crippen molar-refractivity contribution in [1.29, 1.82) is 0 Å². The van der Waals surface area contributed by atoms with Gasteiger partial charge in [0.15, 0.2) is 0 Å². The first-order chi connectivity index (χ1) is 6.70. The van der Waals surface area contributed by atoms with Crippen LogP contribution in [-0.4, -0.2) is 5.97 Å². The summed E-state index contributed by atoms with van der Waals surface area (Å²) in [6.07, 6.45) is 0. The fraction of sp³-hybridized carbons (Fsp3) is 0. The van der Waals surface area contributed by atoms with Crippen molar-refractivity contribution >= 4 is 32.7 Å². The van der Waals surface area contributed by atoms with Gasteiger partial charge in [0.05, 0.1) is 5.97 Å². The summed E-state index contributed by atoms with van der Waals surface area (Å²) in [7, 11) is 0. The zero-order valence-electron chi connectivity index (χ0n) is 7.87. The maximum absolute atomic E-state index is 10.8. The van der Waals surface area contributed by atoms with Gasteiger partial charge in [-0.25, -0.2) is 0 Å². The van der Waals surface area contributed by atoms with Crippen LogP contribution in [0.1, 0.15) is 10.4 Å². The summed E-state index contributed by atoms with van der Waals surface area (Å²) in [6, 6.07) is 10.6. The normalized spacial score (nSPS) is 9.67. The van der Waals surface area contributed by atoms with Gasteiger partial charge >= 0.3 is 27.7 Å². The summed E-state index contributed by atoms with van der Waals surface area (Å²) in [6.45, 7) is 0. The van der Waals surface area contributed by atoms with Crippen molar-refractivity contribution < 1.29 is 37.6 Å². The zero-order chi connectivity index (χ0) is 10.1. The van der Waals surface area contributed by atoms with Crippen LogP contribution >= 0.6 is 15.9 Å². The molecule has 0 saturated carbocycles. The summed E-state index contributed by atoms with van der Waals surface area (Å²) >= 11 is 3.37. The molecule has 0 heterocycles. The van der Waals surface area contributed by atoms with E-state index in [-0.39, 0.29) is 33.2 Å². The Morgan fingerprint density at radius 1 is 1.07 bits per heavy atom. The second-order valence-corrected chi connectivity index (χ2v) is 3.78. The van der Waals surface area contributed by atoms with Crippen molar-refractivity contribution in [3.05, 3.63) is 46.4 Å². The molecule has 0 bridgehead atoms. The summed E-state index contributed by atoms with van der Waals surface area (Å²) in [5.41, 5.74) is 0.226. The van der Waals surface area contributed by atoms with Gasteiger partial charge in [0.25, 0.3) is 0 Å². The van der Waals surface area contributed by atoms with Crippen molar-refractivity contribution in [1.82, 2.24) is 0 Å². The second-order valence-electron chi connectivity index (χ2n) is 2.93. The number of rotatable bonds is 1. The molecule has 0 spiro atoms. The molecule has 2 aromatic carbocycles. The molecule has 0 N–H and O–H groups in total. The molecule has 0 amide bonds. The Morgan fingerprint density at radius 2 is 1.67 bits per heavy atom. The molecule has 0 saturated heterocycles. The summed E-state index contributed by atoms with van der Waals surface area (Å²) in [5, 5.41) is 12.4. The Morgan fingerprint density at radius 3 is 2.33 bits per heavy atom. The third-order valence-electron chi connectivity index (χ3n) is 2.09. The number of aromatic carboxylic acids is 1. The second kappa shape index (κ2) is 5.08. The fourth-order valence-corrected chi connectivity index (χ4v) is 1.95. The van der Waals surface area contributed by atoms with Crippen LogP contribution < -0.4 is 5.11 Å². The number of halogens is 1. The average molecular weight is 451 g/mol. The molecule has 0 fully saturated rings. The van der Waals surface area contributed by atoms with Gasteiger partial charge in [-0.3, -0.25) is 0 Å². The van der Waals surface area contributed by atoms with E-state index in [1.165, 1.54) is 0 Å². The van der Waals surface area contributed by atoms with Gasteiger partial charge < -0.3 is 9.90 Å². The molecular formula is C11H6BrHgO2. The van der Waals surface area contributed by atoms with E-state index in [9.17, 15) is 9.90 Å². The van der Waals surface area contributed by atoms with Crippen molar-refractivity contribution in [3.63, 3.8) is 0 Å². The number of carbonyl (C=O) groups is 1. The molecule has 2 nitrogen and oxygen atoms in total. The van der Waals surface area contributed by atoms with E-state index in [1.807, 2.05) is 12.1 Å². The topological polar surface area (TPSA) is 40.1 Å². The monoisotopic (exact) mass is 451 g/mol. The van der Waals surface area contributed by atoms with Crippen molar-refractivity contribution in [2.24, 2.45) is 0 Å². The Labute approximate surface area is 116 Å². The van der Waals surface area contributed by atoms with E-state index in [2.05, 4.69) is 15.9 Å². The number of carboxylic acid groups (broad SMARTS) is 1. The summed E-state index contributed by atoms with van der Waals surface area (Å²) < 4.78 is 0.887. The number of carbonyl (C=O) groups excluding carboxylic acids is 1. The molecule has 0 aromatic heterocycles. The summed E-state index contributed by atoms with van der Waals surface area (Å²) in [4.78, 5) is 10.8. The van der Waals surface area contributed by atoms with Gasteiger partial charge in [0.2, 0.25) is 0 Å². The van der Waals surface area contributed by atoms with E-state index in [0.717, 1.165) is 9.86 Å². The molecule has 4 heteroatoms. The zero-order valence-corrected chi connectivity index (χ0v) is 14.9. The Bertz CT molecular complexity index is 511. The van der Waals surface area contributed by atoms with E-state index < -0.39 is 5.97 Å². The minimum Gasteiger partial charge on any atom is -0.545 e. The molecule has 0 aliphatic carbocycles. The van der Waals surface area contributed by atoms with Gasteiger partial charge in [-0.05, 0) is 16.8 Å². The first kappa shape index (κ1) is 12.7. The molecule has 15 heavy (non-hydrogen) atoms. The molecule has 71 valence electrons. The number of fused-ring (bicyclic) bond motifs is 1. The number of hydrogen-bond donors (Lipinski definition) is 0. The minimum absolute atomic E-state index is 0. The van der Waals surface area contributed by atoms with Crippen molar-refractivity contribution in [3.8, 4) is 0 Å². The number of carboxylic acids is 1. The molecule has 1 radical (unpaired) electrons. The van der Waals surface area contributed by atoms with Crippen LogP contribution in [0.5, 0.6) is 0 Å². The van der Waals surface area contributed by atoms with Crippen LogP contribution in [0.4, 0.5) is 0 Å². The van der Waals surface area contributed by atoms with Crippen LogP contribution in [0.2, 0.25) is 0 Å². The standard InChI is InChI=1S/C11H7BrO2.Hg/c12-10-6-2-3-7-8(10)4-1-5-9(7)11(13)14;/h1-6H,(H,13,14);/q;+1/p-1. The quantitative estimate of drug-likeness (QED) is 0.624. The van der Waals surface area contributed by atoms with Crippen LogP contribution in [0.3, 0.4) is 0 Å².